The van der Waals surface area contributed by atoms with Crippen molar-refractivity contribution >= 4 is 5.82 Å². The number of nitrogens with two attached hydrogens (primary N) is 1. The molecule has 1 aliphatic rings. The van der Waals surface area contributed by atoms with E-state index in [9.17, 15) is 13.6 Å². The summed E-state index contributed by atoms with van der Waals surface area (Å²) in [4.78, 5) is 14.7. The van der Waals surface area contributed by atoms with Crippen molar-refractivity contribution < 1.29 is 23.7 Å². The molecule has 4 N–H and O–H groups in total. The fourth-order valence-corrected chi connectivity index (χ4v) is 2.03. The zero-order valence-corrected chi connectivity index (χ0v) is 9.74. The molecular formula is C10H13F2N3O4. The van der Waals surface area contributed by atoms with E-state index < -0.39 is 55.0 Å². The summed E-state index contributed by atoms with van der Waals surface area (Å²) in [6.45, 7) is -1.09. The van der Waals surface area contributed by atoms with Crippen LogP contribution in [0, 0.1) is 11.7 Å². The van der Waals surface area contributed by atoms with Gasteiger partial charge in [-0.25, -0.2) is 13.6 Å². The Bertz CT molecular complexity index is 524. The third-order valence-corrected chi connectivity index (χ3v) is 3.07. The molecule has 0 bridgehead atoms. The number of rotatable bonds is 3. The molecule has 0 aliphatic carbocycles. The summed E-state index contributed by atoms with van der Waals surface area (Å²) >= 11 is 0. The molecule has 19 heavy (non-hydrogen) atoms. The Labute approximate surface area is 106 Å². The van der Waals surface area contributed by atoms with Crippen LogP contribution in [0.1, 0.15) is 6.23 Å². The number of ether oxygens (including phenoxy) is 1. The number of nitrogen functional groups attached to an aromatic ring is 1. The predicted molar refractivity (Wildman–Crippen MR) is 59.3 cm³/mol. The highest BCUT2D eigenvalue weighted by Gasteiger charge is 2.45. The van der Waals surface area contributed by atoms with Crippen molar-refractivity contribution in [2.75, 3.05) is 18.9 Å². The quantitative estimate of drug-likeness (QED) is 0.640. The average molecular weight is 277 g/mol. The van der Waals surface area contributed by atoms with Crippen molar-refractivity contribution in [2.24, 2.45) is 5.92 Å². The first-order valence-electron chi connectivity index (χ1n) is 5.55. The SMILES string of the molecule is Nc1nc(=O)n([C@@H]2O[C@H](CO)[C@H](CO)[C@@H]2F)cc1F. The summed E-state index contributed by atoms with van der Waals surface area (Å²) < 4.78 is 33.1. The molecule has 0 amide bonds. The number of alkyl halides is 1. The first-order chi connectivity index (χ1) is 8.99. The summed E-state index contributed by atoms with van der Waals surface area (Å²) in [5.74, 6) is -2.57. The third-order valence-electron chi connectivity index (χ3n) is 3.07. The lowest BCUT2D eigenvalue weighted by atomic mass is 10.0. The Kier molecular flexibility index (Phi) is 3.78. The monoisotopic (exact) mass is 277 g/mol. The van der Waals surface area contributed by atoms with Crippen LogP contribution in [0.3, 0.4) is 0 Å². The highest BCUT2D eigenvalue weighted by Crippen LogP contribution is 2.35. The van der Waals surface area contributed by atoms with Gasteiger partial charge in [0.25, 0.3) is 0 Å². The summed E-state index contributed by atoms with van der Waals surface area (Å²) in [6, 6.07) is 0. The molecule has 0 radical (unpaired) electrons. The van der Waals surface area contributed by atoms with Crippen LogP contribution in [0.4, 0.5) is 14.6 Å². The van der Waals surface area contributed by atoms with E-state index >= 15 is 0 Å². The molecule has 2 heterocycles. The number of halogens is 2. The summed E-state index contributed by atoms with van der Waals surface area (Å²) in [5, 5.41) is 18.1. The van der Waals surface area contributed by atoms with Crippen molar-refractivity contribution in [2.45, 2.75) is 18.5 Å². The molecular weight excluding hydrogens is 264 g/mol. The number of anilines is 1. The van der Waals surface area contributed by atoms with Gasteiger partial charge in [0, 0.05) is 5.92 Å². The summed E-state index contributed by atoms with van der Waals surface area (Å²) in [7, 11) is 0. The van der Waals surface area contributed by atoms with Crippen LogP contribution in [0.25, 0.3) is 0 Å². The minimum atomic E-state index is -1.77. The van der Waals surface area contributed by atoms with Crippen LogP contribution in [0.2, 0.25) is 0 Å². The molecule has 0 spiro atoms. The second kappa shape index (κ2) is 5.19. The number of hydrogen-bond acceptors (Lipinski definition) is 6. The zero-order valence-electron chi connectivity index (χ0n) is 9.74. The highest BCUT2D eigenvalue weighted by atomic mass is 19.1. The van der Waals surface area contributed by atoms with Crippen LogP contribution >= 0.6 is 0 Å². The highest BCUT2D eigenvalue weighted by molar-refractivity contribution is 5.26. The molecule has 1 aromatic heterocycles. The predicted octanol–water partition coefficient (Wildman–Crippen LogP) is -1.20. The molecule has 1 saturated heterocycles. The number of aromatic nitrogens is 2. The van der Waals surface area contributed by atoms with Crippen molar-refractivity contribution in [1.82, 2.24) is 9.55 Å². The Morgan fingerprint density at radius 2 is 2.16 bits per heavy atom. The number of hydrogen-bond donors (Lipinski definition) is 3. The Morgan fingerprint density at radius 3 is 2.68 bits per heavy atom. The largest absolute Gasteiger partial charge is 0.396 e. The van der Waals surface area contributed by atoms with Gasteiger partial charge in [0.05, 0.1) is 25.5 Å². The molecule has 4 atom stereocenters. The minimum Gasteiger partial charge on any atom is -0.396 e. The molecule has 1 fully saturated rings. The van der Waals surface area contributed by atoms with Gasteiger partial charge < -0.3 is 20.7 Å². The first kappa shape index (κ1) is 13.8. The summed E-state index contributed by atoms with van der Waals surface area (Å²) in [5.41, 5.74) is 4.15. The molecule has 7 nitrogen and oxygen atoms in total. The van der Waals surface area contributed by atoms with Crippen LogP contribution in [-0.2, 0) is 4.74 Å². The fourth-order valence-electron chi connectivity index (χ4n) is 2.03. The molecule has 0 unspecified atom stereocenters. The maximum atomic E-state index is 14.1. The van der Waals surface area contributed by atoms with E-state index in [1.165, 1.54) is 0 Å². The third kappa shape index (κ3) is 2.31. The lowest BCUT2D eigenvalue weighted by molar-refractivity contribution is -0.0444. The van der Waals surface area contributed by atoms with Gasteiger partial charge >= 0.3 is 5.69 Å². The van der Waals surface area contributed by atoms with E-state index in [0.29, 0.717) is 10.8 Å². The van der Waals surface area contributed by atoms with Crippen LogP contribution < -0.4 is 11.4 Å². The Morgan fingerprint density at radius 1 is 1.47 bits per heavy atom. The maximum Gasteiger partial charge on any atom is 0.351 e. The van der Waals surface area contributed by atoms with Gasteiger partial charge in [0.1, 0.15) is 0 Å². The molecule has 9 heteroatoms. The molecule has 1 aliphatic heterocycles. The van der Waals surface area contributed by atoms with Gasteiger partial charge in [0.15, 0.2) is 24.0 Å². The van der Waals surface area contributed by atoms with E-state index in [2.05, 4.69) is 4.98 Å². The first-order valence-corrected chi connectivity index (χ1v) is 5.55. The van der Waals surface area contributed by atoms with Crippen LogP contribution in [-0.4, -0.2) is 45.3 Å². The minimum absolute atomic E-state index is 0.526. The van der Waals surface area contributed by atoms with Gasteiger partial charge in [-0.3, -0.25) is 4.57 Å². The molecule has 2 rings (SSSR count). The van der Waals surface area contributed by atoms with Crippen LogP contribution in [0.5, 0.6) is 0 Å². The van der Waals surface area contributed by atoms with E-state index in [4.69, 9.17) is 20.7 Å². The van der Waals surface area contributed by atoms with Gasteiger partial charge in [-0.1, -0.05) is 0 Å². The zero-order chi connectivity index (χ0) is 14.2. The second-order valence-corrected chi connectivity index (χ2v) is 4.20. The van der Waals surface area contributed by atoms with E-state index in [1.807, 2.05) is 0 Å². The molecule has 0 aromatic carbocycles. The van der Waals surface area contributed by atoms with Gasteiger partial charge in [-0.15, -0.1) is 0 Å². The second-order valence-electron chi connectivity index (χ2n) is 4.20. The number of aliphatic hydroxyl groups is 2. The van der Waals surface area contributed by atoms with Crippen LogP contribution in [0.15, 0.2) is 11.0 Å². The number of nitrogens with zero attached hydrogens (tertiary/aromatic N) is 2. The fraction of sp³-hybridized carbons (Fsp3) is 0.600. The standard InChI is InChI=1S/C10H13F2N3O4/c11-5-1-15(10(18)14-8(5)13)9-7(12)4(2-16)6(3-17)19-9/h1,4,6-7,9,16-17H,2-3H2,(H2,13,14,18)/t4-,6+,7-,9+/m0/s1. The van der Waals surface area contributed by atoms with E-state index in [1.54, 1.807) is 0 Å². The maximum absolute atomic E-state index is 14.1. The van der Waals surface area contributed by atoms with Gasteiger partial charge in [-0.05, 0) is 0 Å². The van der Waals surface area contributed by atoms with Gasteiger partial charge in [-0.2, -0.15) is 4.98 Å². The van der Waals surface area contributed by atoms with E-state index in [0.717, 1.165) is 0 Å². The normalized spacial score (nSPS) is 30.7. The van der Waals surface area contributed by atoms with Crippen molar-refractivity contribution in [3.8, 4) is 0 Å². The molecule has 1 aromatic rings. The molecule has 0 saturated carbocycles. The van der Waals surface area contributed by atoms with Gasteiger partial charge in [0.2, 0.25) is 0 Å². The van der Waals surface area contributed by atoms with Crippen molar-refractivity contribution in [3.63, 3.8) is 0 Å². The average Bonchev–Trinajstić information content (AvgIpc) is 2.70. The smallest absolute Gasteiger partial charge is 0.351 e. The lowest BCUT2D eigenvalue weighted by Crippen LogP contribution is -2.33. The number of aliphatic hydroxyl groups excluding tert-OH is 2. The van der Waals surface area contributed by atoms with Crippen molar-refractivity contribution in [1.29, 1.82) is 0 Å². The topological polar surface area (TPSA) is 111 Å². The lowest BCUT2D eigenvalue weighted by Gasteiger charge is -2.16. The van der Waals surface area contributed by atoms with E-state index in [-0.39, 0.29) is 0 Å². The summed E-state index contributed by atoms with van der Waals surface area (Å²) in [6.07, 6.45) is -3.51. The Hall–Kier alpha value is -1.58. The van der Waals surface area contributed by atoms with Crippen molar-refractivity contribution in [3.05, 3.63) is 22.5 Å². The Balaban J connectivity index is 2.38. The molecule has 106 valence electrons.